The Bertz CT molecular complexity index is 657. The molecule has 0 saturated carbocycles. The predicted molar refractivity (Wildman–Crippen MR) is 84.1 cm³/mol. The molecule has 6 heteroatoms. The normalized spacial score (nSPS) is 21.4. The van der Waals surface area contributed by atoms with Crippen molar-refractivity contribution in [3.63, 3.8) is 0 Å². The predicted octanol–water partition coefficient (Wildman–Crippen LogP) is 1.23. The summed E-state index contributed by atoms with van der Waals surface area (Å²) in [4.78, 5) is 18.6. The Kier molecular flexibility index (Phi) is 3.84. The molecule has 105 valence electrons. The number of nitrogens with zero attached hydrogens (tertiary/aromatic N) is 2. The van der Waals surface area contributed by atoms with E-state index >= 15 is 0 Å². The molecule has 1 aromatic carbocycles. The van der Waals surface area contributed by atoms with Crippen LogP contribution in [-0.2, 0) is 0 Å². The van der Waals surface area contributed by atoms with Crippen LogP contribution < -0.4 is 9.53 Å². The Morgan fingerprint density at radius 1 is 1.60 bits per heavy atom. The van der Waals surface area contributed by atoms with Crippen LogP contribution in [0.3, 0.4) is 0 Å². The van der Waals surface area contributed by atoms with E-state index in [1.807, 2.05) is 6.07 Å². The molecule has 0 spiro atoms. The first-order valence-electron chi connectivity index (χ1n) is 6.58. The van der Waals surface area contributed by atoms with Crippen LogP contribution in [-0.4, -0.2) is 50.6 Å². The van der Waals surface area contributed by atoms with E-state index in [1.54, 1.807) is 17.4 Å². The fourth-order valence-electron chi connectivity index (χ4n) is 2.60. The summed E-state index contributed by atoms with van der Waals surface area (Å²) in [6.45, 7) is 2.37. The molecule has 1 aliphatic heterocycles. The van der Waals surface area contributed by atoms with Crippen LogP contribution >= 0.6 is 11.3 Å². The van der Waals surface area contributed by atoms with Crippen LogP contribution in [0.15, 0.2) is 12.1 Å². The minimum atomic E-state index is -1.15. The fraction of sp³-hybridized carbons (Fsp3) is 0.429. The SMILES string of the molecule is CN1CCC([As](C)c2nc3c(C(N)=O)c[c]cc3s2)C1. The van der Waals surface area contributed by atoms with Gasteiger partial charge in [-0.2, -0.15) is 0 Å². The Labute approximate surface area is 127 Å². The molecule has 1 fully saturated rings. The van der Waals surface area contributed by atoms with E-state index in [-0.39, 0.29) is 0 Å². The standard InChI is InChI=1S/C14H17AsN3OS/c1-15(9-6-7-18(2)8-9)14-17-12-10(13(16)19)4-3-5-11(12)20-14/h4-5,9H,6-8H2,1-2H3,(H2,16,19). The number of fused-ring (bicyclic) bond motifs is 1. The van der Waals surface area contributed by atoms with Crippen molar-refractivity contribution in [2.45, 2.75) is 16.8 Å². The zero-order chi connectivity index (χ0) is 14.3. The van der Waals surface area contributed by atoms with E-state index in [0.29, 0.717) is 5.56 Å². The van der Waals surface area contributed by atoms with E-state index in [0.717, 1.165) is 14.9 Å². The van der Waals surface area contributed by atoms with Gasteiger partial charge in [-0.25, -0.2) is 0 Å². The molecule has 1 aliphatic rings. The first kappa shape index (κ1) is 14.1. The summed E-state index contributed by atoms with van der Waals surface area (Å²) in [6, 6.07) is 6.54. The van der Waals surface area contributed by atoms with E-state index in [4.69, 9.17) is 10.7 Å². The van der Waals surface area contributed by atoms with Gasteiger partial charge in [-0.05, 0) is 0 Å². The van der Waals surface area contributed by atoms with Crippen molar-refractivity contribution in [2.24, 2.45) is 5.73 Å². The number of primary amides is 1. The second-order valence-corrected chi connectivity index (χ2v) is 11.9. The number of aromatic nitrogens is 1. The Morgan fingerprint density at radius 2 is 2.40 bits per heavy atom. The molecule has 2 unspecified atom stereocenters. The van der Waals surface area contributed by atoms with Crippen LogP contribution in [0.5, 0.6) is 0 Å². The van der Waals surface area contributed by atoms with E-state index < -0.39 is 20.6 Å². The Morgan fingerprint density at radius 3 is 3.05 bits per heavy atom. The van der Waals surface area contributed by atoms with Crippen LogP contribution in [0.25, 0.3) is 10.2 Å². The van der Waals surface area contributed by atoms with Crippen molar-refractivity contribution >= 4 is 45.9 Å². The Balaban J connectivity index is 1.96. The van der Waals surface area contributed by atoms with Crippen molar-refractivity contribution in [2.75, 3.05) is 20.1 Å². The number of likely N-dealkylation sites (tertiary alicyclic amines) is 1. The van der Waals surface area contributed by atoms with Gasteiger partial charge in [0.2, 0.25) is 0 Å². The second kappa shape index (κ2) is 5.47. The zero-order valence-corrected chi connectivity index (χ0v) is 14.3. The van der Waals surface area contributed by atoms with Crippen molar-refractivity contribution in [1.29, 1.82) is 0 Å². The summed E-state index contributed by atoms with van der Waals surface area (Å²) < 4.78 is 3.06. The van der Waals surface area contributed by atoms with Gasteiger partial charge in [0, 0.05) is 0 Å². The maximum atomic E-state index is 11.5. The van der Waals surface area contributed by atoms with Gasteiger partial charge < -0.3 is 0 Å². The van der Waals surface area contributed by atoms with E-state index in [9.17, 15) is 4.79 Å². The molecule has 0 aliphatic carbocycles. The first-order valence-corrected chi connectivity index (χ1v) is 11.3. The minimum absolute atomic E-state index is 0.417. The molecule has 1 saturated heterocycles. The molecule has 4 nitrogen and oxygen atoms in total. The average Bonchev–Trinajstić information content (AvgIpc) is 3.02. The summed E-state index contributed by atoms with van der Waals surface area (Å²) in [5.41, 5.74) is 9.06. The van der Waals surface area contributed by atoms with Crippen molar-refractivity contribution in [3.8, 4) is 0 Å². The van der Waals surface area contributed by atoms with Crippen LogP contribution in [0, 0.1) is 6.07 Å². The van der Waals surface area contributed by atoms with E-state index in [2.05, 4.69) is 23.7 Å². The number of nitrogens with two attached hydrogens (primary N) is 1. The van der Waals surface area contributed by atoms with Gasteiger partial charge in [0.15, 0.2) is 0 Å². The number of hydrogen-bond donors (Lipinski definition) is 1. The third-order valence-electron chi connectivity index (χ3n) is 3.82. The van der Waals surface area contributed by atoms with Gasteiger partial charge in [0.25, 0.3) is 0 Å². The number of carbonyl (C=O) groups is 1. The van der Waals surface area contributed by atoms with Gasteiger partial charge in [0.05, 0.1) is 0 Å². The number of thiazole rings is 1. The molecule has 2 N–H and O–H groups in total. The summed E-state index contributed by atoms with van der Waals surface area (Å²) in [7, 11) is 2.18. The van der Waals surface area contributed by atoms with Gasteiger partial charge in [-0.3, -0.25) is 0 Å². The van der Waals surface area contributed by atoms with Crippen LogP contribution in [0.4, 0.5) is 0 Å². The van der Waals surface area contributed by atoms with Crippen molar-refractivity contribution in [1.82, 2.24) is 9.88 Å². The summed E-state index contributed by atoms with van der Waals surface area (Å²) in [6.07, 6.45) is 1.28. The first-order chi connectivity index (χ1) is 9.56. The summed E-state index contributed by atoms with van der Waals surface area (Å²) in [5, 5.41) is 0. The van der Waals surface area contributed by atoms with Gasteiger partial charge in [-0.15, -0.1) is 0 Å². The van der Waals surface area contributed by atoms with Gasteiger partial charge in [0.1, 0.15) is 0 Å². The molecular weight excluding hydrogens is 333 g/mol. The summed E-state index contributed by atoms with van der Waals surface area (Å²) >= 11 is 0.568. The number of amides is 1. The third kappa shape index (κ3) is 2.50. The zero-order valence-electron chi connectivity index (χ0n) is 11.6. The van der Waals surface area contributed by atoms with Gasteiger partial charge >= 0.3 is 127 Å². The van der Waals surface area contributed by atoms with E-state index in [1.165, 1.54) is 23.3 Å². The molecule has 2 aromatic rings. The number of rotatable bonds is 3. The molecule has 20 heavy (non-hydrogen) atoms. The maximum absolute atomic E-state index is 11.5. The summed E-state index contributed by atoms with van der Waals surface area (Å²) in [5.74, 6) is -0.417. The van der Waals surface area contributed by atoms with Crippen LogP contribution in [0.1, 0.15) is 16.8 Å². The molecule has 2 atom stereocenters. The quantitative estimate of drug-likeness (QED) is 0.848. The number of carbonyl (C=O) groups excluding carboxylic acids is 1. The van der Waals surface area contributed by atoms with Crippen LogP contribution in [0.2, 0.25) is 10.4 Å². The monoisotopic (exact) mass is 350 g/mol. The molecular formula is C14H17AsN3OS. The molecule has 3 rings (SSSR count). The molecule has 2 heterocycles. The topological polar surface area (TPSA) is 59.2 Å². The third-order valence-corrected chi connectivity index (χ3v) is 11.4. The van der Waals surface area contributed by atoms with Gasteiger partial charge in [-0.1, -0.05) is 0 Å². The number of hydrogen-bond acceptors (Lipinski definition) is 4. The molecule has 0 bridgehead atoms. The Hall–Kier alpha value is -0.902. The van der Waals surface area contributed by atoms with Crippen molar-refractivity contribution in [3.05, 3.63) is 23.8 Å². The van der Waals surface area contributed by atoms with Crippen molar-refractivity contribution < 1.29 is 4.79 Å². The molecule has 1 radical (unpaired) electrons. The second-order valence-electron chi connectivity index (χ2n) is 5.26. The fourth-order valence-corrected chi connectivity index (χ4v) is 9.11. The molecule has 1 amide bonds. The average molecular weight is 350 g/mol. The molecule has 1 aromatic heterocycles. The number of benzene rings is 1.